The molecule has 1 saturated heterocycles. The molecule has 0 aromatic rings. The Morgan fingerprint density at radius 1 is 1.09 bits per heavy atom. The van der Waals surface area contributed by atoms with Crippen molar-refractivity contribution >= 4 is 0 Å². The predicted octanol–water partition coefficient (Wildman–Crippen LogP) is 2.08. The highest BCUT2D eigenvalue weighted by Crippen LogP contribution is 2.35. The number of nitrogens with zero attached hydrogens (tertiary/aromatic N) is 2. The maximum Gasteiger partial charge on any atom is 0.0558 e. The predicted molar refractivity (Wildman–Crippen MR) is 93.3 cm³/mol. The molecule has 0 unspecified atom stereocenters. The van der Waals surface area contributed by atoms with Crippen LogP contribution in [0.15, 0.2) is 0 Å². The van der Waals surface area contributed by atoms with Gasteiger partial charge in [-0.05, 0) is 52.7 Å². The zero-order valence-corrected chi connectivity index (χ0v) is 14.8. The highest BCUT2D eigenvalue weighted by molar-refractivity contribution is 4.96. The Kier molecular flexibility index (Phi) is 7.61. The van der Waals surface area contributed by atoms with Gasteiger partial charge in [0, 0.05) is 31.2 Å². The number of rotatable bonds is 8. The van der Waals surface area contributed by atoms with Crippen molar-refractivity contribution in [1.82, 2.24) is 15.1 Å². The van der Waals surface area contributed by atoms with E-state index in [1.54, 1.807) is 0 Å². The Labute approximate surface area is 137 Å². The first-order chi connectivity index (χ1) is 10.7. The van der Waals surface area contributed by atoms with Gasteiger partial charge in [0.25, 0.3) is 0 Å². The third kappa shape index (κ3) is 5.19. The van der Waals surface area contributed by atoms with Gasteiger partial charge in [0.05, 0.1) is 6.61 Å². The topological polar surface area (TPSA) is 38.7 Å². The quantitative estimate of drug-likeness (QED) is 0.720. The second-order valence-electron chi connectivity index (χ2n) is 7.60. The third-order valence-electron chi connectivity index (χ3n) is 5.66. The van der Waals surface area contributed by atoms with E-state index in [9.17, 15) is 0 Å². The lowest BCUT2D eigenvalue weighted by molar-refractivity contribution is 0.0309. The highest BCUT2D eigenvalue weighted by atomic mass is 16.3. The zero-order chi connectivity index (χ0) is 15.8. The standard InChI is InChI=1S/C18H37N3O/c1-17(15-20(2)13-14-22)19-16-18(9-5-3-6-10-18)21-11-7-4-8-12-21/h17,19,22H,3-16H2,1-2H3/t17-/m0/s1. The van der Waals surface area contributed by atoms with Crippen molar-refractivity contribution < 1.29 is 5.11 Å². The first-order valence-corrected chi connectivity index (χ1v) is 9.44. The van der Waals surface area contributed by atoms with Crippen LogP contribution in [0.1, 0.15) is 58.3 Å². The van der Waals surface area contributed by atoms with Crippen LogP contribution in [0.4, 0.5) is 0 Å². The summed E-state index contributed by atoms with van der Waals surface area (Å²) in [5, 5.41) is 12.8. The first-order valence-electron chi connectivity index (χ1n) is 9.44. The SMILES string of the molecule is C[C@@H](CN(C)CCO)NCC1(N2CCCCC2)CCCCC1. The van der Waals surface area contributed by atoms with Gasteiger partial charge in [0.15, 0.2) is 0 Å². The zero-order valence-electron chi connectivity index (χ0n) is 14.8. The molecular formula is C18H37N3O. The molecule has 0 aromatic heterocycles. The lowest BCUT2D eigenvalue weighted by Crippen LogP contribution is -2.59. The number of likely N-dealkylation sites (tertiary alicyclic amines) is 1. The van der Waals surface area contributed by atoms with Gasteiger partial charge in [-0.3, -0.25) is 4.90 Å². The Hall–Kier alpha value is -0.160. The number of aliphatic hydroxyl groups excluding tert-OH is 1. The second-order valence-corrected chi connectivity index (χ2v) is 7.60. The summed E-state index contributed by atoms with van der Waals surface area (Å²) in [4.78, 5) is 5.03. The van der Waals surface area contributed by atoms with E-state index in [4.69, 9.17) is 5.11 Å². The summed E-state index contributed by atoms with van der Waals surface area (Å²) in [6.45, 7) is 8.06. The van der Waals surface area contributed by atoms with Crippen LogP contribution in [0.2, 0.25) is 0 Å². The van der Waals surface area contributed by atoms with E-state index in [0.29, 0.717) is 11.6 Å². The van der Waals surface area contributed by atoms with Crippen LogP contribution < -0.4 is 5.32 Å². The van der Waals surface area contributed by atoms with Crippen LogP contribution in [0.5, 0.6) is 0 Å². The van der Waals surface area contributed by atoms with E-state index in [0.717, 1.165) is 19.6 Å². The number of likely N-dealkylation sites (N-methyl/N-ethyl adjacent to an activating group) is 1. The molecule has 1 aliphatic carbocycles. The van der Waals surface area contributed by atoms with E-state index >= 15 is 0 Å². The molecule has 0 radical (unpaired) electrons. The summed E-state index contributed by atoms with van der Waals surface area (Å²) in [5.74, 6) is 0. The fraction of sp³-hybridized carbons (Fsp3) is 1.00. The summed E-state index contributed by atoms with van der Waals surface area (Å²) in [6.07, 6.45) is 11.2. The highest BCUT2D eigenvalue weighted by Gasteiger charge is 2.38. The van der Waals surface area contributed by atoms with Gasteiger partial charge in [0.1, 0.15) is 0 Å². The number of hydrogen-bond donors (Lipinski definition) is 2. The van der Waals surface area contributed by atoms with Gasteiger partial charge < -0.3 is 15.3 Å². The molecule has 0 amide bonds. The van der Waals surface area contributed by atoms with Gasteiger partial charge in [0.2, 0.25) is 0 Å². The molecule has 1 saturated carbocycles. The summed E-state index contributed by atoms with van der Waals surface area (Å²) in [5.41, 5.74) is 0.419. The summed E-state index contributed by atoms with van der Waals surface area (Å²) in [7, 11) is 2.09. The van der Waals surface area contributed by atoms with E-state index in [1.165, 1.54) is 64.5 Å². The van der Waals surface area contributed by atoms with E-state index in [-0.39, 0.29) is 6.61 Å². The fourth-order valence-electron chi connectivity index (χ4n) is 4.34. The first kappa shape index (κ1) is 18.2. The number of piperidine rings is 1. The maximum absolute atomic E-state index is 9.03. The van der Waals surface area contributed by atoms with Crippen LogP contribution in [0.25, 0.3) is 0 Å². The van der Waals surface area contributed by atoms with Crippen LogP contribution >= 0.6 is 0 Å². The van der Waals surface area contributed by atoms with E-state index in [2.05, 4.69) is 29.1 Å². The normalized spacial score (nSPS) is 24.5. The van der Waals surface area contributed by atoms with E-state index < -0.39 is 0 Å². The summed E-state index contributed by atoms with van der Waals surface area (Å²) >= 11 is 0. The molecule has 130 valence electrons. The maximum atomic E-state index is 9.03. The van der Waals surface area contributed by atoms with Gasteiger partial charge >= 0.3 is 0 Å². The lowest BCUT2D eigenvalue weighted by atomic mass is 9.79. The molecular weight excluding hydrogens is 274 g/mol. The van der Waals surface area contributed by atoms with Crippen LogP contribution in [0.3, 0.4) is 0 Å². The molecule has 2 N–H and O–H groups in total. The molecule has 0 spiro atoms. The fourth-order valence-corrected chi connectivity index (χ4v) is 4.34. The molecule has 0 aromatic carbocycles. The summed E-state index contributed by atoms with van der Waals surface area (Å²) < 4.78 is 0. The Morgan fingerprint density at radius 2 is 1.73 bits per heavy atom. The molecule has 1 atom stereocenters. The minimum Gasteiger partial charge on any atom is -0.395 e. The number of hydrogen-bond acceptors (Lipinski definition) is 4. The van der Waals surface area contributed by atoms with Gasteiger partial charge in [-0.2, -0.15) is 0 Å². The monoisotopic (exact) mass is 311 g/mol. The molecule has 22 heavy (non-hydrogen) atoms. The average Bonchev–Trinajstić information content (AvgIpc) is 2.55. The smallest absolute Gasteiger partial charge is 0.0558 e. The third-order valence-corrected chi connectivity index (χ3v) is 5.66. The molecule has 0 bridgehead atoms. The molecule has 4 heteroatoms. The molecule has 1 heterocycles. The minimum absolute atomic E-state index is 0.251. The molecule has 2 aliphatic rings. The van der Waals surface area contributed by atoms with Crippen LogP contribution in [0, 0.1) is 0 Å². The van der Waals surface area contributed by atoms with Crippen molar-refractivity contribution in [2.45, 2.75) is 69.9 Å². The molecule has 2 rings (SSSR count). The Bertz CT molecular complexity index is 299. The number of nitrogens with one attached hydrogen (secondary N) is 1. The molecule has 1 aliphatic heterocycles. The number of aliphatic hydroxyl groups is 1. The second kappa shape index (κ2) is 9.21. The van der Waals surface area contributed by atoms with Crippen molar-refractivity contribution in [3.8, 4) is 0 Å². The van der Waals surface area contributed by atoms with Crippen LogP contribution in [-0.4, -0.2) is 72.9 Å². The van der Waals surface area contributed by atoms with Crippen molar-refractivity contribution in [3.05, 3.63) is 0 Å². The molecule has 2 fully saturated rings. The minimum atomic E-state index is 0.251. The average molecular weight is 312 g/mol. The van der Waals surface area contributed by atoms with Gasteiger partial charge in [-0.25, -0.2) is 0 Å². The largest absolute Gasteiger partial charge is 0.395 e. The van der Waals surface area contributed by atoms with Crippen molar-refractivity contribution in [2.75, 3.05) is 46.4 Å². The summed E-state index contributed by atoms with van der Waals surface area (Å²) in [6, 6.07) is 0.486. The Morgan fingerprint density at radius 3 is 2.36 bits per heavy atom. The van der Waals surface area contributed by atoms with Gasteiger partial charge in [-0.1, -0.05) is 25.7 Å². The van der Waals surface area contributed by atoms with Gasteiger partial charge in [-0.15, -0.1) is 0 Å². The van der Waals surface area contributed by atoms with E-state index in [1.807, 2.05) is 0 Å². The van der Waals surface area contributed by atoms with Crippen molar-refractivity contribution in [3.63, 3.8) is 0 Å². The van der Waals surface area contributed by atoms with Crippen molar-refractivity contribution in [2.24, 2.45) is 0 Å². The molecule has 4 nitrogen and oxygen atoms in total. The van der Waals surface area contributed by atoms with Crippen LogP contribution in [-0.2, 0) is 0 Å². The Balaban J connectivity index is 1.86. The lowest BCUT2D eigenvalue weighted by Gasteiger charge is -2.49. The van der Waals surface area contributed by atoms with Crippen molar-refractivity contribution in [1.29, 1.82) is 0 Å².